The summed E-state index contributed by atoms with van der Waals surface area (Å²) in [6.45, 7) is -0.106. The molecule has 7 heteroatoms. The summed E-state index contributed by atoms with van der Waals surface area (Å²) in [6, 6.07) is 1.25. The van der Waals surface area contributed by atoms with Gasteiger partial charge in [-0.25, -0.2) is 0 Å². The van der Waals surface area contributed by atoms with Crippen molar-refractivity contribution in [2.75, 3.05) is 6.61 Å². The predicted molar refractivity (Wildman–Crippen MR) is 67.8 cm³/mol. The Kier molecular flexibility index (Phi) is 3.57. The number of aromatic nitrogens is 1. The number of rotatable bonds is 4. The largest absolute Gasteiger partial charge is 0.394 e. The van der Waals surface area contributed by atoms with Crippen LogP contribution in [0.15, 0.2) is 12.3 Å². The van der Waals surface area contributed by atoms with Crippen molar-refractivity contribution in [2.45, 2.75) is 31.2 Å². The SMILES string of the molecule is Cn1cc([N+](=O)[O-])cc1C(=O)NC1(CO)CCCC1. The van der Waals surface area contributed by atoms with E-state index in [4.69, 9.17) is 0 Å². The molecule has 0 unspecified atom stereocenters. The van der Waals surface area contributed by atoms with Crippen LogP contribution in [-0.4, -0.2) is 32.6 Å². The van der Waals surface area contributed by atoms with Crippen molar-refractivity contribution in [1.29, 1.82) is 0 Å². The number of aliphatic hydroxyl groups is 1. The van der Waals surface area contributed by atoms with Gasteiger partial charge in [0.05, 0.1) is 23.3 Å². The molecule has 1 aromatic rings. The molecule has 0 saturated heterocycles. The molecule has 1 aromatic heterocycles. The van der Waals surface area contributed by atoms with Crippen LogP contribution in [0.5, 0.6) is 0 Å². The molecular formula is C12H17N3O4. The number of hydrogen-bond donors (Lipinski definition) is 2. The normalized spacial score (nSPS) is 17.4. The molecule has 104 valence electrons. The van der Waals surface area contributed by atoms with Gasteiger partial charge in [-0.2, -0.15) is 0 Å². The zero-order valence-electron chi connectivity index (χ0n) is 10.8. The smallest absolute Gasteiger partial charge is 0.287 e. The molecule has 7 nitrogen and oxygen atoms in total. The molecular weight excluding hydrogens is 250 g/mol. The van der Waals surface area contributed by atoms with Gasteiger partial charge in [-0.1, -0.05) is 12.8 Å². The van der Waals surface area contributed by atoms with Gasteiger partial charge in [-0.15, -0.1) is 0 Å². The van der Waals surface area contributed by atoms with Gasteiger partial charge in [-0.3, -0.25) is 14.9 Å². The van der Waals surface area contributed by atoms with Crippen LogP contribution in [0.1, 0.15) is 36.2 Å². The minimum absolute atomic E-state index is 0.106. The standard InChI is InChI=1S/C12H17N3O4/c1-14-7-9(15(18)19)6-10(14)11(17)13-12(8-16)4-2-3-5-12/h6-7,16H,2-5,8H2,1H3,(H,13,17). The first kappa shape index (κ1) is 13.5. The van der Waals surface area contributed by atoms with E-state index in [9.17, 15) is 20.0 Å². The van der Waals surface area contributed by atoms with Gasteiger partial charge < -0.3 is 15.0 Å². The van der Waals surface area contributed by atoms with E-state index in [2.05, 4.69) is 5.32 Å². The number of carbonyl (C=O) groups is 1. The third kappa shape index (κ3) is 2.60. The van der Waals surface area contributed by atoms with Gasteiger partial charge in [0, 0.05) is 13.1 Å². The van der Waals surface area contributed by atoms with Crippen molar-refractivity contribution >= 4 is 11.6 Å². The summed E-state index contributed by atoms with van der Waals surface area (Å²) in [5, 5.41) is 22.9. The molecule has 1 heterocycles. The lowest BCUT2D eigenvalue weighted by Crippen LogP contribution is -2.49. The second-order valence-electron chi connectivity index (χ2n) is 5.05. The number of hydrogen-bond acceptors (Lipinski definition) is 4. The van der Waals surface area contributed by atoms with Crippen LogP contribution in [0.3, 0.4) is 0 Å². The number of carbonyl (C=O) groups excluding carboxylic acids is 1. The van der Waals surface area contributed by atoms with Crippen LogP contribution in [0.2, 0.25) is 0 Å². The first-order chi connectivity index (χ1) is 8.97. The van der Waals surface area contributed by atoms with Crippen LogP contribution in [0.4, 0.5) is 5.69 Å². The molecule has 2 N–H and O–H groups in total. The minimum atomic E-state index is -0.573. The van der Waals surface area contributed by atoms with E-state index in [1.54, 1.807) is 7.05 Å². The molecule has 1 saturated carbocycles. The summed E-state index contributed by atoms with van der Waals surface area (Å²) in [6.07, 6.45) is 4.71. The number of nitro groups is 1. The molecule has 0 aromatic carbocycles. The van der Waals surface area contributed by atoms with Crippen LogP contribution < -0.4 is 5.32 Å². The number of nitrogens with zero attached hydrogens (tertiary/aromatic N) is 2. The van der Waals surface area contributed by atoms with Gasteiger partial charge in [0.15, 0.2) is 0 Å². The summed E-state index contributed by atoms with van der Waals surface area (Å²) in [4.78, 5) is 22.3. The van der Waals surface area contributed by atoms with E-state index in [0.29, 0.717) is 0 Å². The van der Waals surface area contributed by atoms with Gasteiger partial charge in [-0.05, 0) is 12.8 Å². The molecule has 1 amide bonds. The molecule has 2 rings (SSSR count). The molecule has 19 heavy (non-hydrogen) atoms. The van der Waals surface area contributed by atoms with Gasteiger partial charge in [0.1, 0.15) is 5.69 Å². The Labute approximate surface area is 110 Å². The second-order valence-corrected chi connectivity index (χ2v) is 5.05. The van der Waals surface area contributed by atoms with Gasteiger partial charge in [0.2, 0.25) is 0 Å². The Hall–Kier alpha value is -1.89. The summed E-state index contributed by atoms with van der Waals surface area (Å²) in [5.74, 6) is -0.383. The number of aliphatic hydroxyl groups excluding tert-OH is 1. The molecule has 0 aliphatic heterocycles. The fourth-order valence-corrected chi connectivity index (χ4v) is 2.55. The fraction of sp³-hybridized carbons (Fsp3) is 0.583. The number of aryl methyl sites for hydroxylation is 1. The van der Waals surface area contributed by atoms with Crippen molar-refractivity contribution in [3.63, 3.8) is 0 Å². The quantitative estimate of drug-likeness (QED) is 0.627. The lowest BCUT2D eigenvalue weighted by molar-refractivity contribution is -0.384. The third-order valence-electron chi connectivity index (χ3n) is 3.68. The molecule has 0 radical (unpaired) electrons. The molecule has 1 aliphatic carbocycles. The summed E-state index contributed by atoms with van der Waals surface area (Å²) >= 11 is 0. The summed E-state index contributed by atoms with van der Waals surface area (Å²) in [5.41, 5.74) is -0.459. The topological polar surface area (TPSA) is 97.4 Å². The van der Waals surface area contributed by atoms with E-state index >= 15 is 0 Å². The predicted octanol–water partition coefficient (Wildman–Crippen LogP) is 0.968. The lowest BCUT2D eigenvalue weighted by Gasteiger charge is -2.27. The lowest BCUT2D eigenvalue weighted by atomic mass is 9.99. The third-order valence-corrected chi connectivity index (χ3v) is 3.68. The minimum Gasteiger partial charge on any atom is -0.394 e. The summed E-state index contributed by atoms with van der Waals surface area (Å²) in [7, 11) is 1.59. The van der Waals surface area contributed by atoms with E-state index in [-0.39, 0.29) is 23.9 Å². The van der Waals surface area contributed by atoms with E-state index in [1.807, 2.05) is 0 Å². The monoisotopic (exact) mass is 267 g/mol. The highest BCUT2D eigenvalue weighted by Gasteiger charge is 2.35. The van der Waals surface area contributed by atoms with E-state index in [1.165, 1.54) is 16.8 Å². The first-order valence-electron chi connectivity index (χ1n) is 6.21. The zero-order chi connectivity index (χ0) is 14.0. The maximum atomic E-state index is 12.2. The molecule has 1 fully saturated rings. The van der Waals surface area contributed by atoms with Crippen molar-refractivity contribution in [2.24, 2.45) is 7.05 Å². The zero-order valence-corrected chi connectivity index (χ0v) is 10.8. The molecule has 0 spiro atoms. The fourth-order valence-electron chi connectivity index (χ4n) is 2.55. The first-order valence-corrected chi connectivity index (χ1v) is 6.21. The van der Waals surface area contributed by atoms with E-state index in [0.717, 1.165) is 25.7 Å². The van der Waals surface area contributed by atoms with Crippen molar-refractivity contribution in [3.8, 4) is 0 Å². The second kappa shape index (κ2) is 5.00. The Morgan fingerprint density at radius 3 is 2.68 bits per heavy atom. The molecule has 1 aliphatic rings. The average molecular weight is 267 g/mol. The van der Waals surface area contributed by atoms with Crippen LogP contribution in [-0.2, 0) is 7.05 Å². The van der Waals surface area contributed by atoms with Crippen LogP contribution >= 0.6 is 0 Å². The van der Waals surface area contributed by atoms with Crippen molar-refractivity contribution in [1.82, 2.24) is 9.88 Å². The van der Waals surface area contributed by atoms with Crippen LogP contribution in [0.25, 0.3) is 0 Å². The maximum Gasteiger partial charge on any atom is 0.287 e. The molecule has 0 bridgehead atoms. The highest BCUT2D eigenvalue weighted by atomic mass is 16.6. The van der Waals surface area contributed by atoms with E-state index < -0.39 is 10.5 Å². The van der Waals surface area contributed by atoms with Gasteiger partial charge >= 0.3 is 0 Å². The van der Waals surface area contributed by atoms with Crippen LogP contribution in [0, 0.1) is 10.1 Å². The highest BCUT2D eigenvalue weighted by Crippen LogP contribution is 2.29. The highest BCUT2D eigenvalue weighted by molar-refractivity contribution is 5.94. The Morgan fingerprint density at radius 2 is 2.21 bits per heavy atom. The van der Waals surface area contributed by atoms with Crippen molar-refractivity contribution in [3.05, 3.63) is 28.1 Å². The Morgan fingerprint density at radius 1 is 1.58 bits per heavy atom. The number of amides is 1. The Balaban J connectivity index is 2.18. The average Bonchev–Trinajstić information content (AvgIpc) is 2.96. The van der Waals surface area contributed by atoms with Gasteiger partial charge in [0.25, 0.3) is 11.6 Å². The maximum absolute atomic E-state index is 12.2. The van der Waals surface area contributed by atoms with Crippen molar-refractivity contribution < 1.29 is 14.8 Å². The number of nitrogens with one attached hydrogen (secondary N) is 1. The molecule has 0 atom stereocenters. The summed E-state index contributed by atoms with van der Waals surface area (Å²) < 4.78 is 1.42. The Bertz CT molecular complexity index is 503.